The van der Waals surface area contributed by atoms with Crippen LogP contribution in [0.2, 0.25) is 0 Å². The summed E-state index contributed by atoms with van der Waals surface area (Å²) in [6, 6.07) is 0. The van der Waals surface area contributed by atoms with Crippen LogP contribution in [0, 0.1) is 40.4 Å². The van der Waals surface area contributed by atoms with Crippen LogP contribution >= 0.6 is 0 Å². The van der Waals surface area contributed by atoms with E-state index >= 15 is 0 Å². The molecule has 2 nitrogen and oxygen atoms in total. The van der Waals surface area contributed by atoms with Crippen molar-refractivity contribution in [1.82, 2.24) is 0 Å². The van der Waals surface area contributed by atoms with Gasteiger partial charge in [0.1, 0.15) is 6.10 Å². The van der Waals surface area contributed by atoms with Gasteiger partial charge in [-0.15, -0.1) is 0 Å². The molecule has 8 atom stereocenters. The van der Waals surface area contributed by atoms with Gasteiger partial charge in [-0.2, -0.15) is 0 Å². The molecule has 4 aliphatic carbocycles. The minimum atomic E-state index is -0.620. The lowest BCUT2D eigenvalue weighted by atomic mass is 9.47. The van der Waals surface area contributed by atoms with Gasteiger partial charge in [0, 0.05) is 0 Å². The van der Waals surface area contributed by atoms with E-state index in [-0.39, 0.29) is 5.41 Å². The van der Waals surface area contributed by atoms with Gasteiger partial charge in [-0.05, 0) is 97.4 Å². The molecule has 160 valence electrons. The summed E-state index contributed by atoms with van der Waals surface area (Å²) in [5.74, 6) is 4.17. The quantitative estimate of drug-likeness (QED) is 0.440. The van der Waals surface area contributed by atoms with Crippen LogP contribution in [0.25, 0.3) is 0 Å². The molecule has 2 heteroatoms. The molecule has 4 aliphatic rings. The molecule has 0 amide bonds. The molecule has 3 saturated carbocycles. The number of hydrogen-bond donors (Lipinski definition) is 2. The van der Waals surface area contributed by atoms with Crippen molar-refractivity contribution in [2.45, 2.75) is 111 Å². The van der Waals surface area contributed by atoms with Crippen LogP contribution in [0.15, 0.2) is 11.6 Å². The first-order valence-electron chi connectivity index (χ1n) is 12.3. The van der Waals surface area contributed by atoms with Crippen LogP contribution in [0.3, 0.4) is 0 Å². The Balaban J connectivity index is 1.48. The average molecular weight is 389 g/mol. The van der Waals surface area contributed by atoms with Gasteiger partial charge in [0.25, 0.3) is 0 Å². The summed E-state index contributed by atoms with van der Waals surface area (Å²) in [5.41, 5.74) is 1.85. The SMILES string of the molecule is CC(C)CCCCC1CCC2C3CC=C4C(O)C(O)CCC4(C)C3CCC12C. The lowest BCUT2D eigenvalue weighted by Crippen LogP contribution is -2.53. The van der Waals surface area contributed by atoms with Crippen molar-refractivity contribution in [1.29, 1.82) is 0 Å². The molecule has 0 heterocycles. The molecule has 0 saturated heterocycles. The molecule has 0 aromatic heterocycles. The van der Waals surface area contributed by atoms with E-state index in [1.54, 1.807) is 0 Å². The Hall–Kier alpha value is -0.340. The molecule has 4 rings (SSSR count). The number of hydrogen-bond acceptors (Lipinski definition) is 2. The summed E-state index contributed by atoms with van der Waals surface area (Å²) in [5, 5.41) is 20.8. The van der Waals surface area contributed by atoms with E-state index in [0.717, 1.165) is 42.9 Å². The third-order valence-electron chi connectivity index (χ3n) is 9.95. The summed E-state index contributed by atoms with van der Waals surface area (Å²) >= 11 is 0. The van der Waals surface area contributed by atoms with Gasteiger partial charge < -0.3 is 10.2 Å². The zero-order valence-corrected chi connectivity index (χ0v) is 18.8. The first-order valence-corrected chi connectivity index (χ1v) is 12.3. The normalized spacial score (nSPS) is 48.0. The fraction of sp³-hybridized carbons (Fsp3) is 0.923. The maximum absolute atomic E-state index is 10.6. The summed E-state index contributed by atoms with van der Waals surface area (Å²) in [6.07, 6.45) is 15.4. The van der Waals surface area contributed by atoms with E-state index in [4.69, 9.17) is 0 Å². The Morgan fingerprint density at radius 3 is 2.54 bits per heavy atom. The standard InChI is InChI=1S/C26H44O2/c1-17(2)7-5-6-8-18-9-11-20-19-10-12-22-24(28)23(27)14-16-26(22,4)21(19)13-15-25(18,20)3/h12,17-21,23-24,27-28H,5-11,13-16H2,1-4H3. The molecule has 8 unspecified atom stereocenters. The average Bonchev–Trinajstić information content (AvgIpc) is 2.98. The van der Waals surface area contributed by atoms with Crippen molar-refractivity contribution in [3.8, 4) is 0 Å². The smallest absolute Gasteiger partial charge is 0.101 e. The van der Waals surface area contributed by atoms with E-state index in [2.05, 4.69) is 33.8 Å². The highest BCUT2D eigenvalue weighted by Crippen LogP contribution is 2.66. The van der Waals surface area contributed by atoms with E-state index in [1.807, 2.05) is 0 Å². The van der Waals surface area contributed by atoms with E-state index in [9.17, 15) is 10.2 Å². The Labute approximate surface area is 173 Å². The predicted octanol–water partition coefficient (Wildman–Crippen LogP) is 6.11. The van der Waals surface area contributed by atoms with Crippen LogP contribution < -0.4 is 0 Å². The summed E-state index contributed by atoms with van der Waals surface area (Å²) in [7, 11) is 0. The molecule has 2 N–H and O–H groups in total. The molecule has 0 bridgehead atoms. The molecule has 28 heavy (non-hydrogen) atoms. The third kappa shape index (κ3) is 3.31. The van der Waals surface area contributed by atoms with Gasteiger partial charge in [0.15, 0.2) is 0 Å². The molecule has 0 aromatic carbocycles. The Morgan fingerprint density at radius 1 is 1.00 bits per heavy atom. The van der Waals surface area contributed by atoms with Crippen molar-refractivity contribution in [3.63, 3.8) is 0 Å². The largest absolute Gasteiger partial charge is 0.390 e. The van der Waals surface area contributed by atoms with Gasteiger partial charge >= 0.3 is 0 Å². The maximum Gasteiger partial charge on any atom is 0.101 e. The van der Waals surface area contributed by atoms with Gasteiger partial charge in [-0.1, -0.05) is 53.0 Å². The van der Waals surface area contributed by atoms with E-state index in [0.29, 0.717) is 11.3 Å². The van der Waals surface area contributed by atoms with E-state index in [1.165, 1.54) is 56.9 Å². The van der Waals surface area contributed by atoms with Crippen LogP contribution in [0.5, 0.6) is 0 Å². The number of rotatable bonds is 5. The summed E-state index contributed by atoms with van der Waals surface area (Å²) in [6.45, 7) is 9.74. The zero-order chi connectivity index (χ0) is 20.1. The Kier molecular flexibility index (Phi) is 5.77. The summed E-state index contributed by atoms with van der Waals surface area (Å²) < 4.78 is 0. The topological polar surface area (TPSA) is 40.5 Å². The molecule has 0 spiro atoms. The molecule has 0 aliphatic heterocycles. The zero-order valence-electron chi connectivity index (χ0n) is 18.8. The summed E-state index contributed by atoms with van der Waals surface area (Å²) in [4.78, 5) is 0. The van der Waals surface area contributed by atoms with Crippen LogP contribution in [0.1, 0.15) is 98.3 Å². The molecule has 0 radical (unpaired) electrons. The van der Waals surface area contributed by atoms with Gasteiger partial charge in [0.05, 0.1) is 6.10 Å². The second kappa shape index (κ2) is 7.73. The highest BCUT2D eigenvalue weighted by molar-refractivity contribution is 5.29. The van der Waals surface area contributed by atoms with Gasteiger partial charge in [-0.3, -0.25) is 0 Å². The van der Waals surface area contributed by atoms with Gasteiger partial charge in [-0.25, -0.2) is 0 Å². The first kappa shape index (κ1) is 20.9. The van der Waals surface area contributed by atoms with Gasteiger partial charge in [0.2, 0.25) is 0 Å². The van der Waals surface area contributed by atoms with Crippen molar-refractivity contribution in [3.05, 3.63) is 11.6 Å². The number of fused-ring (bicyclic) bond motifs is 5. The highest BCUT2D eigenvalue weighted by Gasteiger charge is 2.59. The fourth-order valence-electron chi connectivity index (χ4n) is 8.25. The van der Waals surface area contributed by atoms with Crippen LogP contribution in [0.4, 0.5) is 0 Å². The molecular weight excluding hydrogens is 344 g/mol. The monoisotopic (exact) mass is 388 g/mol. The Morgan fingerprint density at radius 2 is 1.79 bits per heavy atom. The van der Waals surface area contributed by atoms with Crippen LogP contribution in [-0.2, 0) is 0 Å². The molecule has 0 aromatic rings. The number of allylic oxidation sites excluding steroid dienone is 1. The molecular formula is C26H44O2. The fourth-order valence-corrected chi connectivity index (χ4v) is 8.25. The second-order valence-corrected chi connectivity index (χ2v) is 11.7. The van der Waals surface area contributed by atoms with Crippen molar-refractivity contribution in [2.24, 2.45) is 40.4 Å². The maximum atomic E-state index is 10.6. The third-order valence-corrected chi connectivity index (χ3v) is 9.95. The van der Waals surface area contributed by atoms with Crippen LogP contribution in [-0.4, -0.2) is 22.4 Å². The van der Waals surface area contributed by atoms with Crippen molar-refractivity contribution >= 4 is 0 Å². The first-order chi connectivity index (χ1) is 13.3. The number of aliphatic hydroxyl groups is 2. The lowest BCUT2D eigenvalue weighted by molar-refractivity contribution is -0.0766. The predicted molar refractivity (Wildman–Crippen MR) is 116 cm³/mol. The number of unbranched alkanes of at least 4 members (excludes halogenated alkanes) is 1. The highest BCUT2D eigenvalue weighted by atomic mass is 16.3. The lowest BCUT2D eigenvalue weighted by Gasteiger charge is -2.58. The van der Waals surface area contributed by atoms with E-state index < -0.39 is 12.2 Å². The second-order valence-electron chi connectivity index (χ2n) is 11.7. The minimum Gasteiger partial charge on any atom is -0.390 e. The number of aliphatic hydroxyl groups excluding tert-OH is 2. The Bertz CT molecular complexity index is 595. The molecule has 3 fully saturated rings. The van der Waals surface area contributed by atoms with Crippen molar-refractivity contribution in [2.75, 3.05) is 0 Å². The van der Waals surface area contributed by atoms with Crippen molar-refractivity contribution < 1.29 is 10.2 Å². The minimum absolute atomic E-state index is 0.123.